The van der Waals surface area contributed by atoms with Gasteiger partial charge in [0, 0.05) is 25.6 Å². The molecular formula is C13H21N3O3S. The topological polar surface area (TPSA) is 92.5 Å². The van der Waals surface area contributed by atoms with E-state index in [2.05, 4.69) is 4.72 Å². The van der Waals surface area contributed by atoms with Crippen molar-refractivity contribution in [3.05, 3.63) is 35.9 Å². The predicted molar refractivity (Wildman–Crippen MR) is 77.9 cm³/mol. The third-order valence-corrected chi connectivity index (χ3v) is 4.50. The first-order chi connectivity index (χ1) is 9.33. The number of hydrogen-bond acceptors (Lipinski definition) is 3. The minimum atomic E-state index is -3.64. The normalized spacial score (nSPS) is 12.0. The van der Waals surface area contributed by atoms with E-state index in [0.29, 0.717) is 0 Å². The minimum Gasteiger partial charge on any atom is -0.370 e. The molecule has 0 heterocycles. The number of benzene rings is 1. The highest BCUT2D eigenvalue weighted by Crippen LogP contribution is 2.07. The quantitative estimate of drug-likeness (QED) is 0.736. The molecule has 3 N–H and O–H groups in total. The molecule has 20 heavy (non-hydrogen) atoms. The average molecular weight is 299 g/mol. The van der Waals surface area contributed by atoms with Gasteiger partial charge >= 0.3 is 0 Å². The molecule has 0 unspecified atom stereocenters. The first kappa shape index (κ1) is 16.6. The van der Waals surface area contributed by atoms with Gasteiger partial charge < -0.3 is 5.73 Å². The Hall–Kier alpha value is -1.44. The number of nitrogens with two attached hydrogens (primary N) is 1. The zero-order valence-electron chi connectivity index (χ0n) is 11.7. The lowest BCUT2D eigenvalue weighted by Gasteiger charge is -2.25. The Morgan fingerprint density at radius 2 is 1.90 bits per heavy atom. The number of hydrogen-bond donors (Lipinski definition) is 2. The fraction of sp³-hybridized carbons (Fsp3) is 0.462. The summed E-state index contributed by atoms with van der Waals surface area (Å²) in [4.78, 5) is 10.8. The third kappa shape index (κ3) is 5.28. The van der Waals surface area contributed by atoms with Gasteiger partial charge in [0.25, 0.3) is 10.2 Å². The minimum absolute atomic E-state index is 0.00439. The van der Waals surface area contributed by atoms with E-state index in [-0.39, 0.29) is 25.6 Å². The van der Waals surface area contributed by atoms with Gasteiger partial charge in [-0.2, -0.15) is 17.4 Å². The zero-order valence-corrected chi connectivity index (χ0v) is 12.6. The summed E-state index contributed by atoms with van der Waals surface area (Å²) in [6.07, 6.45) is 0.00439. The SMILES string of the molecule is CC(C)N(CCC(N)=O)S(=O)(=O)NCc1ccccc1. The molecule has 0 bridgehead atoms. The number of primary amides is 1. The van der Waals surface area contributed by atoms with Gasteiger partial charge in [0.15, 0.2) is 0 Å². The van der Waals surface area contributed by atoms with Gasteiger partial charge in [-0.3, -0.25) is 4.79 Å². The number of carbonyl (C=O) groups is 1. The Morgan fingerprint density at radius 3 is 2.40 bits per heavy atom. The van der Waals surface area contributed by atoms with E-state index in [9.17, 15) is 13.2 Å². The monoisotopic (exact) mass is 299 g/mol. The maximum absolute atomic E-state index is 12.2. The third-order valence-electron chi connectivity index (χ3n) is 2.76. The Balaban J connectivity index is 2.70. The maximum Gasteiger partial charge on any atom is 0.279 e. The number of nitrogens with one attached hydrogen (secondary N) is 1. The molecule has 0 saturated heterocycles. The van der Waals surface area contributed by atoms with Gasteiger partial charge in [0.1, 0.15) is 0 Å². The molecule has 0 saturated carbocycles. The van der Waals surface area contributed by atoms with Crippen molar-refractivity contribution in [2.24, 2.45) is 5.73 Å². The number of carbonyl (C=O) groups excluding carboxylic acids is 1. The summed E-state index contributed by atoms with van der Waals surface area (Å²) >= 11 is 0. The molecule has 1 aromatic rings. The van der Waals surface area contributed by atoms with E-state index in [1.807, 2.05) is 30.3 Å². The fourth-order valence-electron chi connectivity index (χ4n) is 1.73. The van der Waals surface area contributed by atoms with Crippen LogP contribution in [0.15, 0.2) is 30.3 Å². The molecule has 7 heteroatoms. The zero-order chi connectivity index (χ0) is 15.2. The van der Waals surface area contributed by atoms with Crippen LogP contribution in [0, 0.1) is 0 Å². The van der Waals surface area contributed by atoms with Crippen molar-refractivity contribution >= 4 is 16.1 Å². The molecule has 0 aliphatic carbocycles. The molecule has 0 atom stereocenters. The van der Waals surface area contributed by atoms with Crippen molar-refractivity contribution in [2.75, 3.05) is 6.54 Å². The smallest absolute Gasteiger partial charge is 0.279 e. The second kappa shape index (κ2) is 7.37. The van der Waals surface area contributed by atoms with E-state index in [4.69, 9.17) is 5.73 Å². The summed E-state index contributed by atoms with van der Waals surface area (Å²) in [7, 11) is -3.64. The molecule has 0 fully saturated rings. The molecule has 1 aromatic carbocycles. The van der Waals surface area contributed by atoms with Crippen molar-refractivity contribution in [3.63, 3.8) is 0 Å². The van der Waals surface area contributed by atoms with Crippen LogP contribution >= 0.6 is 0 Å². The van der Waals surface area contributed by atoms with E-state index in [1.165, 1.54) is 4.31 Å². The van der Waals surface area contributed by atoms with Crippen molar-refractivity contribution in [1.29, 1.82) is 0 Å². The van der Waals surface area contributed by atoms with Crippen molar-refractivity contribution in [1.82, 2.24) is 9.03 Å². The number of nitrogens with zero attached hydrogens (tertiary/aromatic N) is 1. The first-order valence-corrected chi connectivity index (χ1v) is 7.85. The lowest BCUT2D eigenvalue weighted by atomic mass is 10.2. The van der Waals surface area contributed by atoms with Crippen molar-refractivity contribution in [2.45, 2.75) is 32.9 Å². The molecule has 6 nitrogen and oxygen atoms in total. The van der Waals surface area contributed by atoms with E-state index in [1.54, 1.807) is 13.8 Å². The van der Waals surface area contributed by atoms with Gasteiger partial charge in [-0.05, 0) is 19.4 Å². The number of rotatable bonds is 8. The van der Waals surface area contributed by atoms with Crippen LogP contribution in [0.1, 0.15) is 25.8 Å². The van der Waals surface area contributed by atoms with Crippen LogP contribution in [0.4, 0.5) is 0 Å². The van der Waals surface area contributed by atoms with Gasteiger partial charge in [-0.25, -0.2) is 0 Å². The Labute approximate surface area is 120 Å². The average Bonchev–Trinajstić information content (AvgIpc) is 2.37. The van der Waals surface area contributed by atoms with Crippen LogP contribution in [-0.4, -0.2) is 31.2 Å². The van der Waals surface area contributed by atoms with E-state index in [0.717, 1.165) is 5.56 Å². The molecule has 1 rings (SSSR count). The van der Waals surface area contributed by atoms with Crippen LogP contribution in [0.2, 0.25) is 0 Å². The molecule has 112 valence electrons. The summed E-state index contributed by atoms with van der Waals surface area (Å²) in [5.41, 5.74) is 5.94. The molecule has 1 amide bonds. The lowest BCUT2D eigenvalue weighted by Crippen LogP contribution is -2.45. The van der Waals surface area contributed by atoms with Crippen LogP contribution in [0.5, 0.6) is 0 Å². The van der Waals surface area contributed by atoms with Gasteiger partial charge in [-0.15, -0.1) is 0 Å². The first-order valence-electron chi connectivity index (χ1n) is 6.41. The lowest BCUT2D eigenvalue weighted by molar-refractivity contribution is -0.118. The largest absolute Gasteiger partial charge is 0.370 e. The molecule has 0 aliphatic heterocycles. The molecule has 0 aromatic heterocycles. The molecule has 0 radical (unpaired) electrons. The maximum atomic E-state index is 12.2. The van der Waals surface area contributed by atoms with E-state index < -0.39 is 16.1 Å². The highest BCUT2D eigenvalue weighted by Gasteiger charge is 2.24. The fourth-order valence-corrected chi connectivity index (χ4v) is 3.13. The summed E-state index contributed by atoms with van der Waals surface area (Å²) in [6.45, 7) is 3.80. The van der Waals surface area contributed by atoms with Crippen molar-refractivity contribution in [3.8, 4) is 0 Å². The van der Waals surface area contributed by atoms with Crippen LogP contribution in [-0.2, 0) is 21.5 Å². The Kier molecular flexibility index (Phi) is 6.12. The number of amides is 1. The summed E-state index contributed by atoms with van der Waals surface area (Å²) in [6, 6.07) is 8.99. The summed E-state index contributed by atoms with van der Waals surface area (Å²) in [5.74, 6) is -0.520. The second-order valence-corrected chi connectivity index (χ2v) is 6.44. The van der Waals surface area contributed by atoms with Crippen LogP contribution in [0.3, 0.4) is 0 Å². The molecule has 0 spiro atoms. The molecular weight excluding hydrogens is 278 g/mol. The standard InChI is InChI=1S/C13H21N3O3S/c1-11(2)16(9-8-13(14)17)20(18,19)15-10-12-6-4-3-5-7-12/h3-7,11,15H,8-10H2,1-2H3,(H2,14,17). The van der Waals surface area contributed by atoms with Gasteiger partial charge in [0.2, 0.25) is 5.91 Å². The second-order valence-electron chi connectivity index (χ2n) is 4.73. The highest BCUT2D eigenvalue weighted by molar-refractivity contribution is 7.87. The highest BCUT2D eigenvalue weighted by atomic mass is 32.2. The Bertz CT molecular complexity index is 529. The summed E-state index contributed by atoms with van der Waals surface area (Å²) in [5, 5.41) is 0. The van der Waals surface area contributed by atoms with E-state index >= 15 is 0 Å². The summed E-state index contributed by atoms with van der Waals surface area (Å²) < 4.78 is 28.2. The van der Waals surface area contributed by atoms with Crippen LogP contribution < -0.4 is 10.5 Å². The molecule has 0 aliphatic rings. The Morgan fingerprint density at radius 1 is 1.30 bits per heavy atom. The van der Waals surface area contributed by atoms with Gasteiger partial charge in [-0.1, -0.05) is 30.3 Å². The van der Waals surface area contributed by atoms with Crippen molar-refractivity contribution < 1.29 is 13.2 Å². The predicted octanol–water partition coefficient (Wildman–Crippen LogP) is 0.607. The van der Waals surface area contributed by atoms with Gasteiger partial charge in [0.05, 0.1) is 0 Å². The van der Waals surface area contributed by atoms with Crippen LogP contribution in [0.25, 0.3) is 0 Å².